The summed E-state index contributed by atoms with van der Waals surface area (Å²) in [6.07, 6.45) is 0.948. The van der Waals surface area contributed by atoms with Crippen LogP contribution in [0.5, 0.6) is 0 Å². The van der Waals surface area contributed by atoms with Gasteiger partial charge in [-0.1, -0.05) is 6.92 Å². The van der Waals surface area contributed by atoms with Gasteiger partial charge in [0.1, 0.15) is 5.82 Å². The lowest BCUT2D eigenvalue weighted by Crippen LogP contribution is -2.16. The summed E-state index contributed by atoms with van der Waals surface area (Å²) in [7, 11) is 0. The van der Waals surface area contributed by atoms with E-state index in [0.29, 0.717) is 17.5 Å². The summed E-state index contributed by atoms with van der Waals surface area (Å²) in [5.74, 6) is -0.740. The number of halogens is 2. The van der Waals surface area contributed by atoms with Crippen LogP contribution in [0.15, 0.2) is 24.3 Å². The monoisotopic (exact) mass is 292 g/mol. The third-order valence-corrected chi connectivity index (χ3v) is 3.03. The van der Waals surface area contributed by atoms with E-state index in [1.54, 1.807) is 6.07 Å². The fourth-order valence-electron chi connectivity index (χ4n) is 1.74. The zero-order valence-corrected chi connectivity index (χ0v) is 12.2. The normalized spacial score (nSPS) is 12.0. The van der Waals surface area contributed by atoms with Crippen LogP contribution in [-0.2, 0) is 0 Å². The maximum absolute atomic E-state index is 13.2. The molecule has 0 saturated carbocycles. The van der Waals surface area contributed by atoms with Crippen LogP contribution in [0.4, 0.5) is 26.2 Å². The highest BCUT2D eigenvalue weighted by molar-refractivity contribution is 5.57. The fraction of sp³-hybridized carbons (Fsp3) is 0.333. The first kappa shape index (κ1) is 15.2. The second-order valence-electron chi connectivity index (χ2n) is 4.93. The van der Waals surface area contributed by atoms with Crippen LogP contribution in [0.25, 0.3) is 0 Å². The molecule has 21 heavy (non-hydrogen) atoms. The summed E-state index contributed by atoms with van der Waals surface area (Å²) >= 11 is 0. The molecule has 0 saturated heterocycles. The molecule has 0 aliphatic heterocycles. The van der Waals surface area contributed by atoms with E-state index in [2.05, 4.69) is 27.5 Å². The molecule has 1 heterocycles. The van der Waals surface area contributed by atoms with Crippen molar-refractivity contribution in [1.29, 1.82) is 0 Å². The minimum atomic E-state index is -0.899. The maximum atomic E-state index is 13.2. The predicted octanol–water partition coefficient (Wildman–Crippen LogP) is 4.02. The van der Waals surface area contributed by atoms with Gasteiger partial charge in [0, 0.05) is 29.6 Å². The van der Waals surface area contributed by atoms with Crippen molar-refractivity contribution in [2.24, 2.45) is 0 Å². The van der Waals surface area contributed by atoms with Crippen LogP contribution in [0.2, 0.25) is 0 Å². The number of nitrogens with zero attached hydrogens (tertiary/aromatic N) is 2. The molecule has 1 aromatic heterocycles. The Labute approximate surface area is 122 Å². The Morgan fingerprint density at radius 2 is 1.90 bits per heavy atom. The van der Waals surface area contributed by atoms with E-state index >= 15 is 0 Å². The Balaban J connectivity index is 2.21. The molecule has 0 radical (unpaired) electrons. The van der Waals surface area contributed by atoms with Crippen molar-refractivity contribution in [3.63, 3.8) is 0 Å². The molecule has 1 atom stereocenters. The molecule has 4 nitrogen and oxygen atoms in total. The number of rotatable bonds is 5. The third-order valence-electron chi connectivity index (χ3n) is 3.03. The van der Waals surface area contributed by atoms with Crippen molar-refractivity contribution >= 4 is 17.5 Å². The van der Waals surface area contributed by atoms with Gasteiger partial charge in [-0.05, 0) is 32.4 Å². The van der Waals surface area contributed by atoms with Crippen molar-refractivity contribution in [1.82, 2.24) is 9.97 Å². The number of hydrogen-bond donors (Lipinski definition) is 2. The standard InChI is InChI=1S/C15H18F2N4/c1-4-9(2)18-15-19-10(3)7-14(21-15)20-11-5-6-12(16)13(17)8-11/h5-9H,4H2,1-3H3,(H2,18,19,20,21). The van der Waals surface area contributed by atoms with Gasteiger partial charge in [-0.2, -0.15) is 4.98 Å². The zero-order chi connectivity index (χ0) is 15.4. The van der Waals surface area contributed by atoms with Crippen molar-refractivity contribution in [2.75, 3.05) is 10.6 Å². The molecule has 0 spiro atoms. The first-order chi connectivity index (χ1) is 9.97. The molecule has 6 heteroatoms. The van der Waals surface area contributed by atoms with E-state index in [1.807, 2.05) is 13.8 Å². The largest absolute Gasteiger partial charge is 0.352 e. The molecule has 0 aliphatic carbocycles. The summed E-state index contributed by atoms with van der Waals surface area (Å²) in [6.45, 7) is 5.95. The van der Waals surface area contributed by atoms with E-state index < -0.39 is 11.6 Å². The minimum Gasteiger partial charge on any atom is -0.352 e. The molecule has 1 aromatic carbocycles. The van der Waals surface area contributed by atoms with E-state index in [4.69, 9.17) is 0 Å². The van der Waals surface area contributed by atoms with Crippen molar-refractivity contribution in [3.05, 3.63) is 41.6 Å². The SMILES string of the molecule is CCC(C)Nc1nc(C)cc(Nc2ccc(F)c(F)c2)n1. The van der Waals surface area contributed by atoms with E-state index in [0.717, 1.165) is 24.2 Å². The molecular formula is C15H18F2N4. The second kappa shape index (κ2) is 6.47. The van der Waals surface area contributed by atoms with Crippen LogP contribution in [-0.4, -0.2) is 16.0 Å². The first-order valence-corrected chi connectivity index (χ1v) is 6.82. The molecule has 0 amide bonds. The molecule has 2 aromatic rings. The van der Waals surface area contributed by atoms with E-state index in [9.17, 15) is 8.78 Å². The van der Waals surface area contributed by atoms with Gasteiger partial charge in [-0.25, -0.2) is 13.8 Å². The third kappa shape index (κ3) is 4.11. The fourth-order valence-corrected chi connectivity index (χ4v) is 1.74. The molecule has 0 bridgehead atoms. The average molecular weight is 292 g/mol. The number of aromatic nitrogens is 2. The van der Waals surface area contributed by atoms with Crippen LogP contribution in [0, 0.1) is 18.6 Å². The lowest BCUT2D eigenvalue weighted by atomic mass is 10.3. The lowest BCUT2D eigenvalue weighted by Gasteiger charge is -2.13. The molecule has 112 valence electrons. The van der Waals surface area contributed by atoms with Crippen molar-refractivity contribution < 1.29 is 8.78 Å². The molecule has 2 N–H and O–H groups in total. The van der Waals surface area contributed by atoms with Gasteiger partial charge in [0.25, 0.3) is 0 Å². The topological polar surface area (TPSA) is 49.8 Å². The van der Waals surface area contributed by atoms with Gasteiger partial charge >= 0.3 is 0 Å². The molecule has 2 rings (SSSR count). The number of hydrogen-bond acceptors (Lipinski definition) is 4. The Kier molecular flexibility index (Phi) is 4.67. The Morgan fingerprint density at radius 1 is 1.14 bits per heavy atom. The summed E-state index contributed by atoms with van der Waals surface area (Å²) in [6, 6.07) is 5.61. The lowest BCUT2D eigenvalue weighted by molar-refractivity contribution is 0.509. The van der Waals surface area contributed by atoms with Gasteiger partial charge in [0.15, 0.2) is 11.6 Å². The number of benzene rings is 1. The summed E-state index contributed by atoms with van der Waals surface area (Å²) in [4.78, 5) is 8.62. The van der Waals surface area contributed by atoms with Crippen LogP contribution < -0.4 is 10.6 Å². The van der Waals surface area contributed by atoms with Crippen LogP contribution in [0.1, 0.15) is 26.0 Å². The number of aryl methyl sites for hydroxylation is 1. The number of nitrogens with one attached hydrogen (secondary N) is 2. The molecule has 1 unspecified atom stereocenters. The smallest absolute Gasteiger partial charge is 0.225 e. The minimum absolute atomic E-state index is 0.253. The van der Waals surface area contributed by atoms with Crippen LogP contribution >= 0.6 is 0 Å². The van der Waals surface area contributed by atoms with Crippen molar-refractivity contribution in [3.8, 4) is 0 Å². The average Bonchev–Trinajstić information content (AvgIpc) is 2.42. The van der Waals surface area contributed by atoms with Gasteiger partial charge in [-0.3, -0.25) is 0 Å². The summed E-state index contributed by atoms with van der Waals surface area (Å²) in [5.41, 5.74) is 1.21. The van der Waals surface area contributed by atoms with Gasteiger partial charge in [-0.15, -0.1) is 0 Å². The highest BCUT2D eigenvalue weighted by atomic mass is 19.2. The molecule has 0 aliphatic rings. The highest BCUT2D eigenvalue weighted by Gasteiger charge is 2.07. The van der Waals surface area contributed by atoms with Crippen LogP contribution in [0.3, 0.4) is 0 Å². The van der Waals surface area contributed by atoms with Gasteiger partial charge in [0.05, 0.1) is 0 Å². The first-order valence-electron chi connectivity index (χ1n) is 6.82. The quantitative estimate of drug-likeness (QED) is 0.874. The number of anilines is 3. The Hall–Kier alpha value is -2.24. The summed E-state index contributed by atoms with van der Waals surface area (Å²) in [5, 5.41) is 6.13. The zero-order valence-electron chi connectivity index (χ0n) is 12.2. The highest BCUT2D eigenvalue weighted by Crippen LogP contribution is 2.19. The van der Waals surface area contributed by atoms with Gasteiger partial charge < -0.3 is 10.6 Å². The van der Waals surface area contributed by atoms with E-state index in [-0.39, 0.29) is 6.04 Å². The summed E-state index contributed by atoms with van der Waals surface area (Å²) < 4.78 is 26.1. The Morgan fingerprint density at radius 3 is 2.57 bits per heavy atom. The van der Waals surface area contributed by atoms with E-state index in [1.165, 1.54) is 6.07 Å². The Bertz CT molecular complexity index is 631. The van der Waals surface area contributed by atoms with Crippen molar-refractivity contribution in [2.45, 2.75) is 33.2 Å². The second-order valence-corrected chi connectivity index (χ2v) is 4.93. The predicted molar refractivity (Wildman–Crippen MR) is 79.8 cm³/mol. The molecular weight excluding hydrogens is 274 g/mol. The molecule has 0 fully saturated rings. The maximum Gasteiger partial charge on any atom is 0.225 e. The van der Waals surface area contributed by atoms with Gasteiger partial charge in [0.2, 0.25) is 5.95 Å².